The molecule has 0 spiro atoms. The van der Waals surface area contributed by atoms with Gasteiger partial charge in [0.2, 0.25) is 5.90 Å². The number of halogens is 1. The first-order chi connectivity index (χ1) is 9.78. The third-order valence-corrected chi connectivity index (χ3v) is 2.97. The van der Waals surface area contributed by atoms with Gasteiger partial charge in [0, 0.05) is 12.1 Å². The third-order valence-electron chi connectivity index (χ3n) is 2.97. The molecule has 0 aliphatic carbocycles. The highest BCUT2D eigenvalue weighted by atomic mass is 19.1. The second kappa shape index (κ2) is 5.30. The molecule has 1 aliphatic heterocycles. The number of para-hydroxylation sites is 1. The Morgan fingerprint density at radius 1 is 1.15 bits per heavy atom. The summed E-state index contributed by atoms with van der Waals surface area (Å²) in [6.45, 7) is 1.82. The molecular weight excluding hydrogens is 257 g/mol. The van der Waals surface area contributed by atoms with E-state index < -0.39 is 0 Å². The highest BCUT2D eigenvalue weighted by Gasteiger charge is 2.21. The predicted octanol–water partition coefficient (Wildman–Crippen LogP) is 2.60. The summed E-state index contributed by atoms with van der Waals surface area (Å²) in [6.07, 6.45) is 0. The van der Waals surface area contributed by atoms with Crippen LogP contribution in [0, 0.1) is 12.5 Å². The SMILES string of the molecule is NCc1cccc(C2=NN(c3ccccc3F)[CH]O2)c1. The Balaban J connectivity index is 1.90. The number of ether oxygens (including phenoxy) is 1. The number of nitrogens with zero attached hydrogens (tertiary/aromatic N) is 2. The lowest BCUT2D eigenvalue weighted by Crippen LogP contribution is -2.08. The van der Waals surface area contributed by atoms with Crippen molar-refractivity contribution in [3.05, 3.63) is 72.2 Å². The van der Waals surface area contributed by atoms with Crippen LogP contribution in [0.2, 0.25) is 0 Å². The van der Waals surface area contributed by atoms with Crippen LogP contribution >= 0.6 is 0 Å². The zero-order valence-electron chi connectivity index (χ0n) is 10.7. The molecule has 0 aromatic heterocycles. The van der Waals surface area contributed by atoms with Gasteiger partial charge in [-0.1, -0.05) is 24.3 Å². The van der Waals surface area contributed by atoms with Crippen molar-refractivity contribution in [3.63, 3.8) is 0 Å². The van der Waals surface area contributed by atoms with E-state index in [9.17, 15) is 4.39 Å². The van der Waals surface area contributed by atoms with Gasteiger partial charge >= 0.3 is 0 Å². The van der Waals surface area contributed by atoms with Gasteiger partial charge in [0.1, 0.15) is 5.82 Å². The first-order valence-electron chi connectivity index (χ1n) is 6.19. The van der Waals surface area contributed by atoms with E-state index in [1.807, 2.05) is 24.3 Å². The van der Waals surface area contributed by atoms with Crippen molar-refractivity contribution in [2.45, 2.75) is 6.54 Å². The highest BCUT2D eigenvalue weighted by molar-refractivity contribution is 5.96. The Labute approximate surface area is 116 Å². The summed E-state index contributed by atoms with van der Waals surface area (Å²) in [6, 6.07) is 14.0. The largest absolute Gasteiger partial charge is 0.444 e. The fraction of sp³-hybridized carbons (Fsp3) is 0.0667. The second-order valence-electron chi connectivity index (χ2n) is 4.33. The maximum absolute atomic E-state index is 13.7. The molecule has 0 amide bonds. The number of hydrazone groups is 1. The van der Waals surface area contributed by atoms with Gasteiger partial charge in [0.25, 0.3) is 6.73 Å². The quantitative estimate of drug-likeness (QED) is 0.932. The first kappa shape index (κ1) is 12.6. The van der Waals surface area contributed by atoms with E-state index in [4.69, 9.17) is 10.5 Å². The van der Waals surface area contributed by atoms with Crippen molar-refractivity contribution >= 4 is 11.6 Å². The Bertz CT molecular complexity index is 657. The van der Waals surface area contributed by atoms with Gasteiger partial charge in [-0.05, 0) is 29.8 Å². The molecule has 0 saturated heterocycles. The van der Waals surface area contributed by atoms with Gasteiger partial charge in [0.05, 0.1) is 5.69 Å². The number of nitrogens with two attached hydrogens (primary N) is 1. The van der Waals surface area contributed by atoms with Crippen molar-refractivity contribution in [2.75, 3.05) is 5.01 Å². The maximum atomic E-state index is 13.7. The van der Waals surface area contributed by atoms with Crippen LogP contribution in [0.4, 0.5) is 10.1 Å². The zero-order chi connectivity index (χ0) is 13.9. The zero-order valence-corrected chi connectivity index (χ0v) is 10.7. The van der Waals surface area contributed by atoms with Gasteiger partial charge in [-0.25, -0.2) is 9.40 Å². The van der Waals surface area contributed by atoms with Gasteiger partial charge in [-0.2, -0.15) is 0 Å². The van der Waals surface area contributed by atoms with Crippen molar-refractivity contribution in [2.24, 2.45) is 10.8 Å². The fourth-order valence-electron chi connectivity index (χ4n) is 1.95. The summed E-state index contributed by atoms with van der Waals surface area (Å²) < 4.78 is 19.1. The summed E-state index contributed by atoms with van der Waals surface area (Å²) in [7, 11) is 0. The van der Waals surface area contributed by atoms with E-state index in [1.165, 1.54) is 17.8 Å². The van der Waals surface area contributed by atoms with E-state index in [2.05, 4.69) is 5.10 Å². The standard InChI is InChI=1S/C15H13FN3O/c16-13-6-1-2-7-14(13)19-10-20-15(18-19)12-5-3-4-11(8-12)9-17/h1-8,10H,9,17H2. The number of anilines is 1. The lowest BCUT2D eigenvalue weighted by atomic mass is 10.1. The van der Waals surface area contributed by atoms with Crippen LogP contribution in [0.15, 0.2) is 53.6 Å². The Kier molecular flexibility index (Phi) is 3.35. The second-order valence-corrected chi connectivity index (χ2v) is 4.33. The molecule has 2 aromatic carbocycles. The number of benzene rings is 2. The van der Waals surface area contributed by atoms with Crippen LogP contribution in [0.25, 0.3) is 0 Å². The van der Waals surface area contributed by atoms with Crippen LogP contribution in [-0.2, 0) is 11.3 Å². The molecule has 0 bridgehead atoms. The molecule has 2 aromatic rings. The molecule has 4 nitrogen and oxygen atoms in total. The van der Waals surface area contributed by atoms with E-state index in [-0.39, 0.29) is 5.82 Å². The smallest absolute Gasteiger partial charge is 0.251 e. The molecule has 1 radical (unpaired) electrons. The van der Waals surface area contributed by atoms with Crippen LogP contribution in [0.5, 0.6) is 0 Å². The van der Waals surface area contributed by atoms with Crippen molar-refractivity contribution in [3.8, 4) is 0 Å². The molecule has 2 N–H and O–H groups in total. The molecule has 1 heterocycles. The normalized spacial score (nSPS) is 14.1. The topological polar surface area (TPSA) is 50.8 Å². The third kappa shape index (κ3) is 2.35. The van der Waals surface area contributed by atoms with Crippen LogP contribution < -0.4 is 10.7 Å². The van der Waals surface area contributed by atoms with Crippen LogP contribution in [-0.4, -0.2) is 5.90 Å². The lowest BCUT2D eigenvalue weighted by Gasteiger charge is -2.10. The Hall–Kier alpha value is -2.40. The van der Waals surface area contributed by atoms with Crippen molar-refractivity contribution in [1.29, 1.82) is 0 Å². The van der Waals surface area contributed by atoms with Gasteiger partial charge in [-0.15, -0.1) is 5.10 Å². The molecule has 5 heteroatoms. The van der Waals surface area contributed by atoms with E-state index in [0.717, 1.165) is 11.1 Å². The van der Waals surface area contributed by atoms with E-state index in [1.54, 1.807) is 18.2 Å². The van der Waals surface area contributed by atoms with Crippen molar-refractivity contribution in [1.82, 2.24) is 0 Å². The van der Waals surface area contributed by atoms with E-state index >= 15 is 0 Å². The number of rotatable bonds is 3. The molecular formula is C15H13FN3O. The monoisotopic (exact) mass is 270 g/mol. The minimum absolute atomic E-state index is 0.345. The van der Waals surface area contributed by atoms with Crippen LogP contribution in [0.1, 0.15) is 11.1 Å². The fourth-order valence-corrected chi connectivity index (χ4v) is 1.95. The number of hydrogen-bond donors (Lipinski definition) is 1. The Morgan fingerprint density at radius 3 is 2.80 bits per heavy atom. The maximum Gasteiger partial charge on any atom is 0.251 e. The summed E-state index contributed by atoms with van der Waals surface area (Å²) in [5.74, 6) is 0.0663. The minimum atomic E-state index is -0.354. The first-order valence-corrected chi connectivity index (χ1v) is 6.19. The minimum Gasteiger partial charge on any atom is -0.444 e. The van der Waals surface area contributed by atoms with E-state index in [0.29, 0.717) is 18.1 Å². The molecule has 0 unspecified atom stereocenters. The molecule has 0 atom stereocenters. The molecule has 1 aliphatic rings. The molecule has 20 heavy (non-hydrogen) atoms. The van der Waals surface area contributed by atoms with Crippen LogP contribution in [0.3, 0.4) is 0 Å². The van der Waals surface area contributed by atoms with Crippen molar-refractivity contribution < 1.29 is 9.13 Å². The van der Waals surface area contributed by atoms with Gasteiger partial charge in [0.15, 0.2) is 0 Å². The van der Waals surface area contributed by atoms with Gasteiger partial charge < -0.3 is 10.5 Å². The summed E-state index contributed by atoms with van der Waals surface area (Å²) in [5.41, 5.74) is 7.74. The molecule has 0 fully saturated rings. The average molecular weight is 270 g/mol. The molecule has 0 saturated carbocycles. The average Bonchev–Trinajstić information content (AvgIpc) is 2.97. The predicted molar refractivity (Wildman–Crippen MR) is 75.1 cm³/mol. The Morgan fingerprint density at radius 2 is 2.00 bits per heavy atom. The number of hydrogen-bond acceptors (Lipinski definition) is 4. The lowest BCUT2D eigenvalue weighted by molar-refractivity contribution is 0.418. The van der Waals surface area contributed by atoms with Gasteiger partial charge in [-0.3, -0.25) is 0 Å². The summed E-state index contributed by atoms with van der Waals surface area (Å²) in [5, 5.41) is 5.63. The molecule has 101 valence electrons. The summed E-state index contributed by atoms with van der Waals surface area (Å²) in [4.78, 5) is 0. The highest BCUT2D eigenvalue weighted by Crippen LogP contribution is 2.25. The molecule has 3 rings (SSSR count). The summed E-state index contributed by atoms with van der Waals surface area (Å²) >= 11 is 0.